The van der Waals surface area contributed by atoms with E-state index in [1.54, 1.807) is 31.3 Å². The zero-order chi connectivity index (χ0) is 23.6. The summed E-state index contributed by atoms with van der Waals surface area (Å²) in [5.74, 6) is -1.54. The zero-order valence-electron chi connectivity index (χ0n) is 17.4. The Morgan fingerprint density at radius 1 is 1.30 bits per heavy atom. The van der Waals surface area contributed by atoms with Gasteiger partial charge in [-0.1, -0.05) is 0 Å². The van der Waals surface area contributed by atoms with Gasteiger partial charge in [-0.3, -0.25) is 0 Å². The van der Waals surface area contributed by atoms with Gasteiger partial charge in [0.2, 0.25) is 0 Å². The van der Waals surface area contributed by atoms with Crippen molar-refractivity contribution in [3.05, 3.63) is 59.4 Å². The Bertz CT molecular complexity index is 1210. The Hall–Kier alpha value is -3.87. The number of amides is 2. The minimum absolute atomic E-state index is 0.00830. The number of nitrogens with zero attached hydrogens (tertiary/aromatic N) is 2. The molecule has 0 spiro atoms. The van der Waals surface area contributed by atoms with Gasteiger partial charge >= 0.3 is 18.0 Å². The number of sulfonamides is 1. The minimum Gasteiger partial charge on any atom is -0.467 e. The largest absolute Gasteiger partial charge is 0.467 e. The molecule has 0 unspecified atom stereocenters. The predicted molar refractivity (Wildman–Crippen MR) is 113 cm³/mol. The van der Waals surface area contributed by atoms with Crippen molar-refractivity contribution in [3.8, 4) is 0 Å². The van der Waals surface area contributed by atoms with E-state index < -0.39 is 40.6 Å². The monoisotopic (exact) mass is 476 g/mol. The maximum Gasteiger partial charge on any atom is 0.342 e. The van der Waals surface area contributed by atoms with Crippen molar-refractivity contribution in [2.45, 2.75) is 13.0 Å². The summed E-state index contributed by atoms with van der Waals surface area (Å²) in [4.78, 5) is 39.2. The lowest BCUT2D eigenvalue weighted by molar-refractivity contribution is -0.140. The van der Waals surface area contributed by atoms with E-state index >= 15 is 0 Å². The van der Waals surface area contributed by atoms with Crippen LogP contribution in [0, 0.1) is 0 Å². The van der Waals surface area contributed by atoms with Gasteiger partial charge in [-0.15, -0.1) is 4.40 Å². The number of esters is 2. The number of ether oxygens (including phenoxy) is 2. The number of furan rings is 1. The van der Waals surface area contributed by atoms with Crippen LogP contribution in [-0.2, 0) is 29.1 Å². The highest BCUT2D eigenvalue weighted by Crippen LogP contribution is 2.28. The Kier molecular flexibility index (Phi) is 6.05. The standard InChI is InChI=1S/C20H20N4O8S/c1-2-30-19(26)15-13(21-20(27)22-16(15)14-6-4-9-31-14)11-32-18(25)12-5-3-7-24-8-10-33(28,29)23-17(12)24/h3-7,9,16H,2,8,10-11H2,1H3,(H2,21,22,27)/t16-/m1/s1. The fourth-order valence-electron chi connectivity index (χ4n) is 3.44. The molecule has 0 saturated carbocycles. The first-order valence-corrected chi connectivity index (χ1v) is 11.6. The molecule has 0 fully saturated rings. The third-order valence-corrected chi connectivity index (χ3v) is 6.05. The number of urea groups is 1. The van der Waals surface area contributed by atoms with Crippen LogP contribution in [0.25, 0.3) is 0 Å². The van der Waals surface area contributed by atoms with Crippen molar-refractivity contribution in [1.29, 1.82) is 0 Å². The van der Waals surface area contributed by atoms with Gasteiger partial charge in [0, 0.05) is 12.7 Å². The third-order valence-electron chi connectivity index (χ3n) is 4.90. The highest BCUT2D eigenvalue weighted by atomic mass is 32.2. The van der Waals surface area contributed by atoms with Crippen LogP contribution in [0.5, 0.6) is 0 Å². The van der Waals surface area contributed by atoms with Crippen LogP contribution in [0.15, 0.2) is 62.4 Å². The molecule has 33 heavy (non-hydrogen) atoms. The molecule has 4 rings (SSSR count). The number of carbonyl (C=O) groups excluding carboxylic acids is 3. The van der Waals surface area contributed by atoms with Gasteiger partial charge in [0.15, 0.2) is 5.84 Å². The smallest absolute Gasteiger partial charge is 0.342 e. The molecule has 12 nitrogen and oxygen atoms in total. The molecule has 0 aromatic carbocycles. The molecule has 174 valence electrons. The van der Waals surface area contributed by atoms with Gasteiger partial charge in [0.1, 0.15) is 24.0 Å². The predicted octanol–water partition coefficient (Wildman–Crippen LogP) is 0.492. The van der Waals surface area contributed by atoms with E-state index in [2.05, 4.69) is 15.0 Å². The Morgan fingerprint density at radius 2 is 2.12 bits per heavy atom. The molecule has 13 heteroatoms. The van der Waals surface area contributed by atoms with Gasteiger partial charge in [0.05, 0.1) is 29.9 Å². The van der Waals surface area contributed by atoms with Crippen molar-refractivity contribution >= 4 is 33.8 Å². The summed E-state index contributed by atoms with van der Waals surface area (Å²) in [6, 6.07) is 1.58. The summed E-state index contributed by atoms with van der Waals surface area (Å²) in [6.07, 6.45) is 5.94. The van der Waals surface area contributed by atoms with E-state index in [4.69, 9.17) is 13.9 Å². The molecule has 4 heterocycles. The average molecular weight is 476 g/mol. The van der Waals surface area contributed by atoms with E-state index in [9.17, 15) is 22.8 Å². The van der Waals surface area contributed by atoms with Crippen LogP contribution in [0.1, 0.15) is 18.7 Å². The maximum atomic E-state index is 12.8. The molecule has 3 aliphatic rings. The molecule has 2 amide bonds. The first-order valence-electron chi connectivity index (χ1n) is 9.95. The number of nitrogens with one attached hydrogen (secondary N) is 2. The summed E-state index contributed by atoms with van der Waals surface area (Å²) in [5.41, 5.74) is -0.0493. The van der Waals surface area contributed by atoms with E-state index in [1.165, 1.54) is 17.2 Å². The van der Waals surface area contributed by atoms with Crippen LogP contribution >= 0.6 is 0 Å². The average Bonchev–Trinajstić information content (AvgIpc) is 3.31. The number of hydrogen-bond acceptors (Lipinski definition) is 9. The molecule has 1 aromatic rings. The molecule has 1 atom stereocenters. The van der Waals surface area contributed by atoms with Crippen LogP contribution in [0.3, 0.4) is 0 Å². The maximum absolute atomic E-state index is 12.8. The van der Waals surface area contributed by atoms with Gasteiger partial charge < -0.3 is 29.4 Å². The highest BCUT2D eigenvalue weighted by molar-refractivity contribution is 7.90. The lowest BCUT2D eigenvalue weighted by Crippen LogP contribution is -2.47. The number of carbonyl (C=O) groups is 3. The number of fused-ring (bicyclic) bond motifs is 1. The number of amidine groups is 1. The van der Waals surface area contributed by atoms with Gasteiger partial charge in [-0.2, -0.15) is 0 Å². The lowest BCUT2D eigenvalue weighted by Gasteiger charge is -2.29. The highest BCUT2D eigenvalue weighted by Gasteiger charge is 2.36. The quantitative estimate of drug-likeness (QED) is 0.558. The van der Waals surface area contributed by atoms with Crippen molar-refractivity contribution < 1.29 is 36.7 Å². The first-order chi connectivity index (χ1) is 15.8. The SMILES string of the molecule is CCOC(=O)C1=C(COC(=O)C2=CC=CN3CCS(=O)(=O)N=C23)NC(=O)N[C@@H]1c1ccco1. The van der Waals surface area contributed by atoms with E-state index in [0.29, 0.717) is 0 Å². The molecule has 0 radical (unpaired) electrons. The molecule has 0 bridgehead atoms. The van der Waals surface area contributed by atoms with Crippen LogP contribution in [-0.4, -0.2) is 62.6 Å². The minimum atomic E-state index is -3.70. The molecule has 0 saturated heterocycles. The first kappa shape index (κ1) is 22.3. The fraction of sp³-hybridized carbons (Fsp3) is 0.300. The molecule has 3 aliphatic heterocycles. The molecular formula is C20H20N4O8S. The van der Waals surface area contributed by atoms with Crippen LogP contribution in [0.4, 0.5) is 4.79 Å². The summed E-state index contributed by atoms with van der Waals surface area (Å²) in [6.45, 7) is 1.37. The summed E-state index contributed by atoms with van der Waals surface area (Å²) >= 11 is 0. The second-order valence-electron chi connectivity index (χ2n) is 7.05. The van der Waals surface area contributed by atoms with Crippen molar-refractivity contribution in [1.82, 2.24) is 15.5 Å². The Morgan fingerprint density at radius 3 is 2.85 bits per heavy atom. The normalized spacial score (nSPS) is 21.3. The molecule has 2 N–H and O–H groups in total. The second-order valence-corrected chi connectivity index (χ2v) is 8.81. The Labute approximate surface area is 188 Å². The van der Waals surface area contributed by atoms with Crippen molar-refractivity contribution in [2.24, 2.45) is 4.40 Å². The zero-order valence-corrected chi connectivity index (χ0v) is 18.3. The van der Waals surface area contributed by atoms with Crippen LogP contribution in [0.2, 0.25) is 0 Å². The number of rotatable bonds is 6. The second kappa shape index (κ2) is 8.94. The summed E-state index contributed by atoms with van der Waals surface area (Å²) in [7, 11) is -3.70. The molecular weight excluding hydrogens is 456 g/mol. The van der Waals surface area contributed by atoms with Gasteiger partial charge in [-0.05, 0) is 31.2 Å². The van der Waals surface area contributed by atoms with Gasteiger partial charge in [-0.25, -0.2) is 22.8 Å². The topological polar surface area (TPSA) is 157 Å². The van der Waals surface area contributed by atoms with E-state index in [0.717, 1.165) is 0 Å². The van der Waals surface area contributed by atoms with E-state index in [1.807, 2.05) is 0 Å². The fourth-order valence-corrected chi connectivity index (χ4v) is 4.43. The Balaban J connectivity index is 1.61. The third kappa shape index (κ3) is 4.67. The lowest BCUT2D eigenvalue weighted by atomic mass is 10.0. The summed E-state index contributed by atoms with van der Waals surface area (Å²) in [5, 5.41) is 5.04. The van der Waals surface area contributed by atoms with Crippen molar-refractivity contribution in [2.75, 3.05) is 25.5 Å². The summed E-state index contributed by atoms with van der Waals surface area (Å²) < 4.78 is 43.3. The number of hydrogen-bond donors (Lipinski definition) is 2. The number of allylic oxidation sites excluding steroid dienone is 2. The molecule has 0 aliphatic carbocycles. The van der Waals surface area contributed by atoms with Crippen LogP contribution < -0.4 is 10.6 Å². The van der Waals surface area contributed by atoms with Crippen molar-refractivity contribution in [3.63, 3.8) is 0 Å². The van der Waals surface area contributed by atoms with Gasteiger partial charge in [0.25, 0.3) is 10.0 Å². The van der Waals surface area contributed by atoms with E-state index in [-0.39, 0.29) is 47.3 Å². The molecule has 1 aromatic heterocycles.